The number of nitrogens with zero attached hydrogens (tertiary/aromatic N) is 2. The number of halogens is 4. The fraction of sp³-hybridized carbons (Fsp3) is 0.375. The van der Waals surface area contributed by atoms with Crippen molar-refractivity contribution in [3.63, 3.8) is 0 Å². The summed E-state index contributed by atoms with van der Waals surface area (Å²) in [4.78, 5) is 18.6. The van der Waals surface area contributed by atoms with E-state index in [4.69, 9.17) is 11.6 Å². The molecule has 0 atom stereocenters. The summed E-state index contributed by atoms with van der Waals surface area (Å²) in [5, 5.41) is 1.91. The van der Waals surface area contributed by atoms with E-state index in [0.717, 1.165) is 0 Å². The standard InChI is InChI=1S/C8H7ClF3N3OS/c1-17-5-2-4(14-7(9)15-5)6(16)13-3-8(10,11)12/h2H,3H2,1H3,(H,13,16). The number of alkyl halides is 3. The van der Waals surface area contributed by atoms with E-state index in [2.05, 4.69) is 9.97 Å². The molecule has 1 aromatic rings. The van der Waals surface area contributed by atoms with E-state index < -0.39 is 18.6 Å². The van der Waals surface area contributed by atoms with Crippen LogP contribution in [0.1, 0.15) is 10.5 Å². The molecule has 1 rings (SSSR count). The first kappa shape index (κ1) is 14.0. The van der Waals surface area contributed by atoms with Crippen molar-refractivity contribution < 1.29 is 18.0 Å². The Bertz CT molecular complexity index is 427. The van der Waals surface area contributed by atoms with Gasteiger partial charge in [0.05, 0.1) is 0 Å². The Morgan fingerprint density at radius 3 is 2.71 bits per heavy atom. The molecule has 0 bridgehead atoms. The lowest BCUT2D eigenvalue weighted by molar-refractivity contribution is -0.123. The van der Waals surface area contributed by atoms with Crippen LogP contribution >= 0.6 is 23.4 Å². The summed E-state index contributed by atoms with van der Waals surface area (Å²) in [5.74, 6) is -0.943. The molecule has 0 spiro atoms. The summed E-state index contributed by atoms with van der Waals surface area (Å²) in [6.07, 6.45) is -2.77. The number of thioether (sulfide) groups is 1. The third kappa shape index (κ3) is 4.78. The van der Waals surface area contributed by atoms with Crippen LogP contribution in [0.2, 0.25) is 5.28 Å². The van der Waals surface area contributed by atoms with Crippen molar-refractivity contribution >= 4 is 29.3 Å². The van der Waals surface area contributed by atoms with Crippen LogP contribution in [-0.4, -0.2) is 34.9 Å². The highest BCUT2D eigenvalue weighted by molar-refractivity contribution is 7.98. The summed E-state index contributed by atoms with van der Waals surface area (Å²) in [7, 11) is 0. The molecule has 0 radical (unpaired) electrons. The lowest BCUT2D eigenvalue weighted by atomic mass is 10.4. The van der Waals surface area contributed by atoms with E-state index in [1.165, 1.54) is 17.8 Å². The number of hydrogen-bond acceptors (Lipinski definition) is 4. The van der Waals surface area contributed by atoms with Gasteiger partial charge in [-0.15, -0.1) is 11.8 Å². The number of carbonyl (C=O) groups excluding carboxylic acids is 1. The number of nitrogens with one attached hydrogen (secondary N) is 1. The minimum absolute atomic E-state index is 0.186. The Morgan fingerprint density at radius 1 is 1.53 bits per heavy atom. The molecule has 9 heteroatoms. The topological polar surface area (TPSA) is 54.9 Å². The van der Waals surface area contributed by atoms with Crippen LogP contribution in [-0.2, 0) is 0 Å². The zero-order valence-corrected chi connectivity index (χ0v) is 10.1. The molecule has 0 aromatic carbocycles. The van der Waals surface area contributed by atoms with Crippen molar-refractivity contribution in [2.24, 2.45) is 0 Å². The van der Waals surface area contributed by atoms with Gasteiger partial charge in [0.25, 0.3) is 5.91 Å². The van der Waals surface area contributed by atoms with Crippen LogP contribution in [0.3, 0.4) is 0 Å². The van der Waals surface area contributed by atoms with Crippen LogP contribution in [0.4, 0.5) is 13.2 Å². The van der Waals surface area contributed by atoms with E-state index in [1.54, 1.807) is 11.6 Å². The Hall–Kier alpha value is -1.02. The lowest BCUT2D eigenvalue weighted by Gasteiger charge is -2.08. The van der Waals surface area contributed by atoms with Crippen molar-refractivity contribution in [2.75, 3.05) is 12.8 Å². The van der Waals surface area contributed by atoms with E-state index >= 15 is 0 Å². The summed E-state index contributed by atoms with van der Waals surface area (Å²) < 4.78 is 35.6. The average Bonchev–Trinajstić information content (AvgIpc) is 2.23. The Balaban J connectivity index is 2.78. The maximum Gasteiger partial charge on any atom is 0.405 e. The first-order chi connectivity index (χ1) is 7.81. The largest absolute Gasteiger partial charge is 0.405 e. The van der Waals surface area contributed by atoms with Crippen molar-refractivity contribution in [3.8, 4) is 0 Å². The summed E-state index contributed by atoms with van der Waals surface area (Å²) in [6.45, 7) is -1.41. The monoisotopic (exact) mass is 285 g/mol. The molecule has 1 N–H and O–H groups in total. The maximum atomic E-state index is 11.9. The molecule has 0 unspecified atom stereocenters. The van der Waals surface area contributed by atoms with Gasteiger partial charge < -0.3 is 5.32 Å². The zero-order chi connectivity index (χ0) is 13.1. The minimum atomic E-state index is -4.46. The van der Waals surface area contributed by atoms with Gasteiger partial charge in [0.15, 0.2) is 0 Å². The molecule has 0 aliphatic carbocycles. The molecule has 94 valence electrons. The molecule has 1 amide bonds. The second-order valence-corrected chi connectivity index (χ2v) is 4.03. The van der Waals surface area contributed by atoms with Crippen LogP contribution in [0.5, 0.6) is 0 Å². The van der Waals surface area contributed by atoms with Crippen molar-refractivity contribution in [1.82, 2.24) is 15.3 Å². The van der Waals surface area contributed by atoms with Crippen LogP contribution in [0, 0.1) is 0 Å². The third-order valence-electron chi connectivity index (χ3n) is 1.57. The summed E-state index contributed by atoms with van der Waals surface area (Å²) in [6, 6.07) is 1.27. The van der Waals surface area contributed by atoms with Crippen molar-refractivity contribution in [1.29, 1.82) is 0 Å². The Morgan fingerprint density at radius 2 is 2.18 bits per heavy atom. The van der Waals surface area contributed by atoms with Crippen LogP contribution in [0.25, 0.3) is 0 Å². The minimum Gasteiger partial charge on any atom is -0.342 e. The second kappa shape index (κ2) is 5.54. The number of hydrogen-bond donors (Lipinski definition) is 1. The van der Waals surface area contributed by atoms with Gasteiger partial charge in [0, 0.05) is 6.07 Å². The number of rotatable bonds is 3. The first-order valence-electron chi connectivity index (χ1n) is 4.25. The maximum absolute atomic E-state index is 11.9. The quantitative estimate of drug-likeness (QED) is 0.525. The van der Waals surface area contributed by atoms with E-state index in [0.29, 0.717) is 5.03 Å². The predicted octanol–water partition coefficient (Wildman–Crippen LogP) is 2.14. The summed E-state index contributed by atoms with van der Waals surface area (Å²) in [5.41, 5.74) is -0.196. The highest BCUT2D eigenvalue weighted by Gasteiger charge is 2.28. The van der Waals surface area contributed by atoms with Gasteiger partial charge in [-0.3, -0.25) is 4.79 Å². The van der Waals surface area contributed by atoms with Gasteiger partial charge in [-0.05, 0) is 17.9 Å². The zero-order valence-electron chi connectivity index (χ0n) is 8.51. The van der Waals surface area contributed by atoms with Crippen LogP contribution < -0.4 is 5.32 Å². The van der Waals surface area contributed by atoms with Gasteiger partial charge in [0.2, 0.25) is 5.28 Å². The molecular formula is C8H7ClF3N3OS. The third-order valence-corrected chi connectivity index (χ3v) is 2.36. The Labute approximate surface area is 104 Å². The second-order valence-electron chi connectivity index (χ2n) is 2.86. The molecule has 17 heavy (non-hydrogen) atoms. The fourth-order valence-corrected chi connectivity index (χ4v) is 1.53. The number of amides is 1. The molecule has 0 aliphatic rings. The number of aromatic nitrogens is 2. The van der Waals surface area contributed by atoms with E-state index in [9.17, 15) is 18.0 Å². The van der Waals surface area contributed by atoms with Gasteiger partial charge in [0.1, 0.15) is 17.3 Å². The average molecular weight is 286 g/mol. The summed E-state index contributed by atoms with van der Waals surface area (Å²) >= 11 is 6.73. The normalized spacial score (nSPS) is 11.4. The van der Waals surface area contributed by atoms with Gasteiger partial charge in [-0.25, -0.2) is 9.97 Å². The highest BCUT2D eigenvalue weighted by atomic mass is 35.5. The van der Waals surface area contributed by atoms with Gasteiger partial charge in [-0.1, -0.05) is 0 Å². The molecule has 0 saturated heterocycles. The molecule has 4 nitrogen and oxygen atoms in total. The Kier molecular flexibility index (Phi) is 4.58. The van der Waals surface area contributed by atoms with E-state index in [1.807, 2.05) is 0 Å². The molecule has 1 heterocycles. The fourth-order valence-electron chi connectivity index (χ4n) is 0.889. The van der Waals surface area contributed by atoms with Crippen molar-refractivity contribution in [2.45, 2.75) is 11.2 Å². The van der Waals surface area contributed by atoms with Gasteiger partial charge in [-0.2, -0.15) is 13.2 Å². The lowest BCUT2D eigenvalue weighted by Crippen LogP contribution is -2.34. The first-order valence-corrected chi connectivity index (χ1v) is 5.85. The molecular weight excluding hydrogens is 279 g/mol. The predicted molar refractivity (Wildman–Crippen MR) is 57.2 cm³/mol. The van der Waals surface area contributed by atoms with Crippen LogP contribution in [0.15, 0.2) is 11.1 Å². The van der Waals surface area contributed by atoms with Gasteiger partial charge >= 0.3 is 6.18 Å². The number of carbonyl (C=O) groups is 1. The molecule has 1 aromatic heterocycles. The van der Waals surface area contributed by atoms with Crippen molar-refractivity contribution in [3.05, 3.63) is 17.0 Å². The smallest absolute Gasteiger partial charge is 0.342 e. The highest BCUT2D eigenvalue weighted by Crippen LogP contribution is 2.16. The molecule has 0 aliphatic heterocycles. The molecule has 0 saturated carbocycles. The SMILES string of the molecule is CSc1cc(C(=O)NCC(F)(F)F)nc(Cl)n1. The van der Waals surface area contributed by atoms with E-state index in [-0.39, 0.29) is 11.0 Å². The molecule has 0 fully saturated rings.